The van der Waals surface area contributed by atoms with Crippen molar-refractivity contribution in [2.45, 2.75) is 13.0 Å². The van der Waals surface area contributed by atoms with Gasteiger partial charge in [-0.05, 0) is 33.2 Å². The highest BCUT2D eigenvalue weighted by Gasteiger charge is 2.10. The predicted molar refractivity (Wildman–Crippen MR) is 48.9 cm³/mol. The first-order chi connectivity index (χ1) is 5.59. The summed E-state index contributed by atoms with van der Waals surface area (Å²) in [6.45, 7) is 2.73. The van der Waals surface area contributed by atoms with E-state index in [-0.39, 0.29) is 6.04 Å². The maximum Gasteiger partial charge on any atom is 0.122 e. The van der Waals surface area contributed by atoms with Gasteiger partial charge >= 0.3 is 0 Å². The second-order valence-electron chi connectivity index (χ2n) is 3.32. The van der Waals surface area contributed by atoms with Crippen LogP contribution in [-0.4, -0.2) is 25.5 Å². The molecule has 12 heavy (non-hydrogen) atoms. The van der Waals surface area contributed by atoms with Crippen molar-refractivity contribution < 1.29 is 4.42 Å². The van der Waals surface area contributed by atoms with Gasteiger partial charge in [0, 0.05) is 6.54 Å². The largest absolute Gasteiger partial charge is 0.465 e. The van der Waals surface area contributed by atoms with Crippen molar-refractivity contribution in [3.63, 3.8) is 0 Å². The van der Waals surface area contributed by atoms with Gasteiger partial charge in [0.2, 0.25) is 0 Å². The lowest BCUT2D eigenvalue weighted by Gasteiger charge is -2.14. The molecule has 0 aliphatic rings. The van der Waals surface area contributed by atoms with Gasteiger partial charge in [0.25, 0.3) is 0 Å². The summed E-state index contributed by atoms with van der Waals surface area (Å²) < 4.78 is 5.39. The highest BCUT2D eigenvalue weighted by atomic mass is 16.3. The maximum absolute atomic E-state index is 5.87. The molecule has 1 aromatic rings. The third kappa shape index (κ3) is 2.36. The molecule has 0 saturated carbocycles. The van der Waals surface area contributed by atoms with Crippen molar-refractivity contribution in [2.75, 3.05) is 20.6 Å². The number of rotatable bonds is 3. The third-order valence-corrected chi connectivity index (χ3v) is 1.69. The molecular formula is C9H16N2O. The van der Waals surface area contributed by atoms with E-state index in [0.717, 1.165) is 18.1 Å². The Balaban J connectivity index is 2.58. The summed E-state index contributed by atoms with van der Waals surface area (Å²) in [6, 6.07) is 3.85. The summed E-state index contributed by atoms with van der Waals surface area (Å²) in [5, 5.41) is 0. The smallest absolute Gasteiger partial charge is 0.122 e. The lowest BCUT2D eigenvalue weighted by atomic mass is 10.2. The van der Waals surface area contributed by atoms with Gasteiger partial charge in [-0.25, -0.2) is 0 Å². The second-order valence-corrected chi connectivity index (χ2v) is 3.32. The average Bonchev–Trinajstić information content (AvgIpc) is 2.34. The molecule has 0 spiro atoms. The van der Waals surface area contributed by atoms with Crippen molar-refractivity contribution in [2.24, 2.45) is 5.73 Å². The zero-order valence-corrected chi connectivity index (χ0v) is 7.87. The summed E-state index contributed by atoms with van der Waals surface area (Å²) >= 11 is 0. The number of furan rings is 1. The molecular weight excluding hydrogens is 152 g/mol. The Bertz CT molecular complexity index is 242. The van der Waals surface area contributed by atoms with Crippen LogP contribution >= 0.6 is 0 Å². The molecule has 0 bridgehead atoms. The van der Waals surface area contributed by atoms with Gasteiger partial charge in [0.1, 0.15) is 11.5 Å². The maximum atomic E-state index is 5.87. The summed E-state index contributed by atoms with van der Waals surface area (Å²) in [6.07, 6.45) is 0. The Labute approximate surface area is 73.2 Å². The second kappa shape index (κ2) is 3.74. The van der Waals surface area contributed by atoms with E-state index < -0.39 is 0 Å². The Morgan fingerprint density at radius 3 is 2.58 bits per heavy atom. The number of nitrogens with zero attached hydrogens (tertiary/aromatic N) is 1. The molecule has 0 aliphatic carbocycles. The van der Waals surface area contributed by atoms with E-state index in [1.807, 2.05) is 38.1 Å². The van der Waals surface area contributed by atoms with Crippen molar-refractivity contribution in [3.8, 4) is 0 Å². The van der Waals surface area contributed by atoms with E-state index in [9.17, 15) is 0 Å². The lowest BCUT2D eigenvalue weighted by Crippen LogP contribution is -2.25. The van der Waals surface area contributed by atoms with Gasteiger partial charge in [0.05, 0.1) is 6.04 Å². The standard InChI is InChI=1S/C9H16N2O/c1-7-4-5-9(12-7)8(10)6-11(2)3/h4-5,8H,6,10H2,1-3H3. The third-order valence-electron chi connectivity index (χ3n) is 1.69. The molecule has 68 valence electrons. The topological polar surface area (TPSA) is 42.4 Å². The Hall–Kier alpha value is -0.800. The van der Waals surface area contributed by atoms with E-state index in [1.165, 1.54) is 0 Å². The number of nitrogens with two attached hydrogens (primary N) is 1. The summed E-state index contributed by atoms with van der Waals surface area (Å²) in [5.41, 5.74) is 5.87. The van der Waals surface area contributed by atoms with Crippen molar-refractivity contribution >= 4 is 0 Å². The van der Waals surface area contributed by atoms with Gasteiger partial charge in [-0.1, -0.05) is 0 Å². The fourth-order valence-corrected chi connectivity index (χ4v) is 1.14. The lowest BCUT2D eigenvalue weighted by molar-refractivity contribution is 0.341. The van der Waals surface area contributed by atoms with E-state index in [0.29, 0.717) is 0 Å². The van der Waals surface area contributed by atoms with E-state index >= 15 is 0 Å². The van der Waals surface area contributed by atoms with Gasteiger partial charge in [0.15, 0.2) is 0 Å². The minimum atomic E-state index is -0.0197. The van der Waals surface area contributed by atoms with Crippen LogP contribution in [0.2, 0.25) is 0 Å². The average molecular weight is 168 g/mol. The van der Waals surface area contributed by atoms with Crippen LogP contribution < -0.4 is 5.73 Å². The van der Waals surface area contributed by atoms with Crippen LogP contribution in [-0.2, 0) is 0 Å². The number of aryl methyl sites for hydroxylation is 1. The molecule has 0 fully saturated rings. The molecule has 1 aromatic heterocycles. The molecule has 1 unspecified atom stereocenters. The SMILES string of the molecule is Cc1ccc(C(N)CN(C)C)o1. The van der Waals surface area contributed by atoms with Crippen LogP contribution in [0.1, 0.15) is 17.6 Å². The van der Waals surface area contributed by atoms with Crippen molar-refractivity contribution in [1.82, 2.24) is 4.90 Å². The number of likely N-dealkylation sites (N-methyl/N-ethyl adjacent to an activating group) is 1. The Morgan fingerprint density at radius 1 is 1.50 bits per heavy atom. The monoisotopic (exact) mass is 168 g/mol. The number of hydrogen-bond acceptors (Lipinski definition) is 3. The minimum Gasteiger partial charge on any atom is -0.465 e. The Morgan fingerprint density at radius 2 is 2.17 bits per heavy atom. The van der Waals surface area contributed by atoms with E-state index in [2.05, 4.69) is 0 Å². The van der Waals surface area contributed by atoms with Gasteiger partial charge < -0.3 is 15.1 Å². The molecule has 0 saturated heterocycles. The molecule has 0 radical (unpaired) electrons. The van der Waals surface area contributed by atoms with Crippen LogP contribution in [0.15, 0.2) is 16.5 Å². The van der Waals surface area contributed by atoms with Crippen molar-refractivity contribution in [1.29, 1.82) is 0 Å². The van der Waals surface area contributed by atoms with Gasteiger partial charge in [-0.3, -0.25) is 0 Å². The van der Waals surface area contributed by atoms with Crippen LogP contribution in [0.4, 0.5) is 0 Å². The number of hydrogen-bond donors (Lipinski definition) is 1. The fourth-order valence-electron chi connectivity index (χ4n) is 1.14. The summed E-state index contributed by atoms with van der Waals surface area (Å²) in [7, 11) is 3.99. The molecule has 3 nitrogen and oxygen atoms in total. The molecule has 1 heterocycles. The van der Waals surface area contributed by atoms with Gasteiger partial charge in [-0.15, -0.1) is 0 Å². The highest BCUT2D eigenvalue weighted by Crippen LogP contribution is 2.13. The minimum absolute atomic E-state index is 0.0197. The quantitative estimate of drug-likeness (QED) is 0.736. The van der Waals surface area contributed by atoms with Crippen molar-refractivity contribution in [3.05, 3.63) is 23.7 Å². The molecule has 2 N–H and O–H groups in total. The van der Waals surface area contributed by atoms with Crippen LogP contribution in [0.25, 0.3) is 0 Å². The molecule has 0 aliphatic heterocycles. The molecule has 0 aromatic carbocycles. The normalized spacial score (nSPS) is 13.8. The fraction of sp³-hybridized carbons (Fsp3) is 0.556. The zero-order valence-electron chi connectivity index (χ0n) is 7.87. The summed E-state index contributed by atoms with van der Waals surface area (Å²) in [4.78, 5) is 2.04. The molecule has 1 atom stereocenters. The van der Waals surface area contributed by atoms with Crippen LogP contribution in [0.5, 0.6) is 0 Å². The first kappa shape index (κ1) is 9.29. The molecule has 3 heteroatoms. The van der Waals surface area contributed by atoms with Crippen LogP contribution in [0.3, 0.4) is 0 Å². The van der Waals surface area contributed by atoms with Crippen LogP contribution in [0, 0.1) is 6.92 Å². The molecule has 0 amide bonds. The summed E-state index contributed by atoms with van der Waals surface area (Å²) in [5.74, 6) is 1.78. The highest BCUT2D eigenvalue weighted by molar-refractivity contribution is 5.09. The van der Waals surface area contributed by atoms with E-state index in [1.54, 1.807) is 0 Å². The Kier molecular flexibility index (Phi) is 2.89. The molecule has 1 rings (SSSR count). The predicted octanol–water partition coefficient (Wildman–Crippen LogP) is 1.15. The zero-order chi connectivity index (χ0) is 9.14. The first-order valence-electron chi connectivity index (χ1n) is 4.06. The van der Waals surface area contributed by atoms with Gasteiger partial charge in [-0.2, -0.15) is 0 Å². The van der Waals surface area contributed by atoms with E-state index in [4.69, 9.17) is 10.2 Å². The first-order valence-corrected chi connectivity index (χ1v) is 4.06.